The van der Waals surface area contributed by atoms with Crippen molar-refractivity contribution in [2.24, 2.45) is 0 Å². The van der Waals surface area contributed by atoms with Gasteiger partial charge in [0.15, 0.2) is 0 Å². The van der Waals surface area contributed by atoms with Crippen LogP contribution in [-0.2, 0) is 12.8 Å². The second-order valence-corrected chi connectivity index (χ2v) is 4.64. The van der Waals surface area contributed by atoms with Gasteiger partial charge in [0.2, 0.25) is 0 Å². The minimum absolute atomic E-state index is 0.551. The molecular formula is C13H16ClN. The molecule has 15 heavy (non-hydrogen) atoms. The second-order valence-electron chi connectivity index (χ2n) is 4.11. The molecule has 1 aliphatic rings. The monoisotopic (exact) mass is 221 g/mol. The quantitative estimate of drug-likeness (QED) is 0.828. The van der Waals surface area contributed by atoms with E-state index in [1.54, 1.807) is 0 Å². The predicted molar refractivity (Wildman–Crippen MR) is 65.3 cm³/mol. The first-order chi connectivity index (χ1) is 7.25. The Morgan fingerprint density at radius 3 is 2.87 bits per heavy atom. The van der Waals surface area contributed by atoms with Crippen LogP contribution in [0.4, 0.5) is 0 Å². The van der Waals surface area contributed by atoms with E-state index in [9.17, 15) is 0 Å². The number of nitrogens with one attached hydrogen (secondary N) is 1. The van der Waals surface area contributed by atoms with Crippen molar-refractivity contribution in [3.63, 3.8) is 0 Å². The molecule has 1 N–H and O–H groups in total. The van der Waals surface area contributed by atoms with E-state index < -0.39 is 0 Å². The summed E-state index contributed by atoms with van der Waals surface area (Å²) in [6.45, 7) is 4.40. The third-order valence-corrected chi connectivity index (χ3v) is 3.06. The summed E-state index contributed by atoms with van der Waals surface area (Å²) in [7, 11) is 0. The van der Waals surface area contributed by atoms with Crippen LogP contribution < -0.4 is 5.32 Å². The lowest BCUT2D eigenvalue weighted by molar-refractivity contribution is 0.478. The third kappa shape index (κ3) is 2.83. The van der Waals surface area contributed by atoms with Crippen molar-refractivity contribution in [1.82, 2.24) is 5.32 Å². The molecule has 1 unspecified atom stereocenters. The number of rotatable bonds is 3. The topological polar surface area (TPSA) is 12.0 Å². The SMILES string of the molecule is C=C(Cl)CNC1CCc2ccccc2C1. The Labute approximate surface area is 96.1 Å². The summed E-state index contributed by atoms with van der Waals surface area (Å²) in [5.41, 5.74) is 2.97. The van der Waals surface area contributed by atoms with Crippen LogP contribution in [0, 0.1) is 0 Å². The van der Waals surface area contributed by atoms with Gasteiger partial charge < -0.3 is 5.32 Å². The van der Waals surface area contributed by atoms with Crippen molar-refractivity contribution in [3.05, 3.63) is 47.0 Å². The van der Waals surface area contributed by atoms with Crippen LogP contribution in [0.2, 0.25) is 0 Å². The summed E-state index contributed by atoms with van der Waals surface area (Å²) >= 11 is 5.74. The van der Waals surface area contributed by atoms with Crippen molar-refractivity contribution >= 4 is 11.6 Å². The average Bonchev–Trinajstić information content (AvgIpc) is 2.26. The zero-order chi connectivity index (χ0) is 10.7. The fourth-order valence-corrected chi connectivity index (χ4v) is 2.20. The van der Waals surface area contributed by atoms with E-state index >= 15 is 0 Å². The largest absolute Gasteiger partial charge is 0.309 e. The number of fused-ring (bicyclic) bond motifs is 1. The highest BCUT2D eigenvalue weighted by atomic mass is 35.5. The van der Waals surface area contributed by atoms with Gasteiger partial charge in [0, 0.05) is 17.6 Å². The fourth-order valence-electron chi connectivity index (χ4n) is 2.13. The van der Waals surface area contributed by atoms with E-state index in [1.165, 1.54) is 24.0 Å². The minimum Gasteiger partial charge on any atom is -0.309 e. The van der Waals surface area contributed by atoms with Gasteiger partial charge in [-0.2, -0.15) is 0 Å². The van der Waals surface area contributed by atoms with Crippen LogP contribution in [0.25, 0.3) is 0 Å². The van der Waals surface area contributed by atoms with Crippen LogP contribution in [0.1, 0.15) is 17.5 Å². The zero-order valence-corrected chi connectivity index (χ0v) is 9.56. The number of hydrogen-bond acceptors (Lipinski definition) is 1. The van der Waals surface area contributed by atoms with E-state index in [0.717, 1.165) is 6.42 Å². The first-order valence-electron chi connectivity index (χ1n) is 5.39. The van der Waals surface area contributed by atoms with E-state index in [-0.39, 0.29) is 0 Å². The normalized spacial score (nSPS) is 19.7. The lowest BCUT2D eigenvalue weighted by atomic mass is 9.88. The molecule has 0 amide bonds. The van der Waals surface area contributed by atoms with Crippen molar-refractivity contribution in [2.75, 3.05) is 6.54 Å². The molecule has 0 bridgehead atoms. The first-order valence-corrected chi connectivity index (χ1v) is 5.77. The maximum Gasteiger partial charge on any atom is 0.0310 e. The smallest absolute Gasteiger partial charge is 0.0310 e. The van der Waals surface area contributed by atoms with Gasteiger partial charge in [-0.3, -0.25) is 0 Å². The summed E-state index contributed by atoms with van der Waals surface area (Å²) in [5, 5.41) is 4.12. The van der Waals surface area contributed by atoms with Crippen molar-refractivity contribution in [1.29, 1.82) is 0 Å². The van der Waals surface area contributed by atoms with Gasteiger partial charge in [-0.25, -0.2) is 0 Å². The number of benzene rings is 1. The molecule has 0 saturated heterocycles. The van der Waals surface area contributed by atoms with Gasteiger partial charge in [0.25, 0.3) is 0 Å². The van der Waals surface area contributed by atoms with Crippen LogP contribution in [0.3, 0.4) is 0 Å². The molecule has 1 aliphatic carbocycles. The summed E-state index contributed by atoms with van der Waals surface area (Å²) in [5.74, 6) is 0. The second kappa shape index (κ2) is 4.82. The lowest BCUT2D eigenvalue weighted by Crippen LogP contribution is -2.35. The van der Waals surface area contributed by atoms with Gasteiger partial charge in [0.05, 0.1) is 0 Å². The molecule has 0 heterocycles. The van der Waals surface area contributed by atoms with Crippen LogP contribution in [0.15, 0.2) is 35.9 Å². The number of halogens is 1. The number of hydrogen-bond donors (Lipinski definition) is 1. The fraction of sp³-hybridized carbons (Fsp3) is 0.385. The van der Waals surface area contributed by atoms with E-state index in [0.29, 0.717) is 17.6 Å². The van der Waals surface area contributed by atoms with E-state index in [4.69, 9.17) is 11.6 Å². The molecule has 2 heteroatoms. The molecule has 0 saturated carbocycles. The Balaban J connectivity index is 1.96. The molecule has 1 atom stereocenters. The summed E-state index contributed by atoms with van der Waals surface area (Å²) in [6, 6.07) is 9.23. The van der Waals surface area contributed by atoms with Crippen molar-refractivity contribution in [3.8, 4) is 0 Å². The minimum atomic E-state index is 0.551. The highest BCUT2D eigenvalue weighted by Gasteiger charge is 2.17. The molecule has 1 nitrogen and oxygen atoms in total. The van der Waals surface area contributed by atoms with Crippen LogP contribution in [0.5, 0.6) is 0 Å². The van der Waals surface area contributed by atoms with Gasteiger partial charge >= 0.3 is 0 Å². The molecular weight excluding hydrogens is 206 g/mol. The van der Waals surface area contributed by atoms with Gasteiger partial charge in [-0.1, -0.05) is 42.4 Å². The lowest BCUT2D eigenvalue weighted by Gasteiger charge is -2.25. The van der Waals surface area contributed by atoms with Gasteiger partial charge in [0.1, 0.15) is 0 Å². The Kier molecular flexibility index (Phi) is 3.45. The highest BCUT2D eigenvalue weighted by molar-refractivity contribution is 6.29. The summed E-state index contributed by atoms with van der Waals surface area (Å²) < 4.78 is 0. The molecule has 0 radical (unpaired) electrons. The molecule has 0 fully saturated rings. The molecule has 1 aromatic rings. The predicted octanol–water partition coefficient (Wildman–Crippen LogP) is 2.89. The van der Waals surface area contributed by atoms with Crippen LogP contribution in [-0.4, -0.2) is 12.6 Å². The summed E-state index contributed by atoms with van der Waals surface area (Å²) in [4.78, 5) is 0. The van der Waals surface area contributed by atoms with Crippen molar-refractivity contribution < 1.29 is 0 Å². The third-order valence-electron chi connectivity index (χ3n) is 2.93. The Hall–Kier alpha value is -0.790. The standard InChI is InChI=1S/C13H16ClN/c1-10(14)9-15-13-7-6-11-4-2-3-5-12(11)8-13/h2-5,13,15H,1,6-9H2. The van der Waals surface area contributed by atoms with E-state index in [1.807, 2.05) is 0 Å². The molecule has 0 spiro atoms. The highest BCUT2D eigenvalue weighted by Crippen LogP contribution is 2.21. The molecule has 0 aliphatic heterocycles. The molecule has 1 aromatic carbocycles. The maximum absolute atomic E-state index is 5.74. The van der Waals surface area contributed by atoms with Crippen LogP contribution >= 0.6 is 11.6 Å². The molecule has 0 aromatic heterocycles. The first kappa shape index (κ1) is 10.7. The number of aryl methyl sites for hydroxylation is 1. The van der Waals surface area contributed by atoms with Crippen molar-refractivity contribution in [2.45, 2.75) is 25.3 Å². The Morgan fingerprint density at radius 1 is 1.40 bits per heavy atom. The van der Waals surface area contributed by atoms with E-state index in [2.05, 4.69) is 36.2 Å². The average molecular weight is 222 g/mol. The molecule has 80 valence electrons. The molecule has 2 rings (SSSR count). The summed E-state index contributed by atoms with van der Waals surface area (Å²) in [6.07, 6.45) is 3.48. The maximum atomic E-state index is 5.74. The van der Waals surface area contributed by atoms with Gasteiger partial charge in [-0.05, 0) is 30.4 Å². The zero-order valence-electron chi connectivity index (χ0n) is 8.80. The Bertz CT molecular complexity index is 359. The Morgan fingerprint density at radius 2 is 2.13 bits per heavy atom. The van der Waals surface area contributed by atoms with Gasteiger partial charge in [-0.15, -0.1) is 0 Å².